The quantitative estimate of drug-likeness (QED) is 0.382. The zero-order chi connectivity index (χ0) is 24.0. The fraction of sp³-hybridized carbons (Fsp3) is 0.609. The summed E-state index contributed by atoms with van der Waals surface area (Å²) in [4.78, 5) is 41.9. The molecule has 0 unspecified atom stereocenters. The number of carbonyl (C=O) groups excluding carboxylic acids is 3. The van der Waals surface area contributed by atoms with E-state index < -0.39 is 28.3 Å². The molecular formula is C23H32N2O6S2. The fourth-order valence-corrected chi connectivity index (χ4v) is 6.79. The second kappa shape index (κ2) is 11.4. The maximum absolute atomic E-state index is 12.9. The van der Waals surface area contributed by atoms with E-state index in [1.54, 1.807) is 24.3 Å². The van der Waals surface area contributed by atoms with Crippen LogP contribution in [0.1, 0.15) is 43.5 Å². The highest BCUT2D eigenvalue weighted by Gasteiger charge is 2.35. The monoisotopic (exact) mass is 496 g/mol. The van der Waals surface area contributed by atoms with Crippen molar-refractivity contribution in [1.82, 2.24) is 9.80 Å². The van der Waals surface area contributed by atoms with Gasteiger partial charge in [-0.15, -0.1) is 11.8 Å². The van der Waals surface area contributed by atoms with E-state index in [9.17, 15) is 22.8 Å². The lowest BCUT2D eigenvalue weighted by molar-refractivity contribution is -0.137. The average Bonchev–Trinajstić information content (AvgIpc) is 3.43. The normalized spacial score (nSPS) is 19.6. The predicted molar refractivity (Wildman–Crippen MR) is 127 cm³/mol. The number of hydrogen-bond donors (Lipinski definition) is 0. The van der Waals surface area contributed by atoms with E-state index in [4.69, 9.17) is 4.74 Å². The molecule has 1 aromatic carbocycles. The highest BCUT2D eigenvalue weighted by Crippen LogP contribution is 2.25. The number of carbonyl (C=O) groups is 3. The molecule has 0 spiro atoms. The van der Waals surface area contributed by atoms with Gasteiger partial charge in [0.25, 0.3) is 5.91 Å². The van der Waals surface area contributed by atoms with Crippen molar-refractivity contribution in [2.45, 2.75) is 44.0 Å². The maximum Gasteiger partial charge on any atom is 0.339 e. The highest BCUT2D eigenvalue weighted by molar-refractivity contribution is 8.00. The molecule has 2 heterocycles. The second-order valence-corrected chi connectivity index (χ2v) is 12.2. The Bertz CT molecular complexity index is 973. The van der Waals surface area contributed by atoms with Crippen molar-refractivity contribution >= 4 is 39.4 Å². The first-order chi connectivity index (χ1) is 15.7. The number of rotatable bonds is 9. The fourth-order valence-electron chi connectivity index (χ4n) is 4.12. The molecular weight excluding hydrogens is 464 g/mol. The average molecular weight is 497 g/mol. The van der Waals surface area contributed by atoms with E-state index in [1.165, 1.54) is 16.7 Å². The van der Waals surface area contributed by atoms with E-state index in [2.05, 4.69) is 0 Å². The molecule has 1 atom stereocenters. The van der Waals surface area contributed by atoms with Crippen LogP contribution in [0.2, 0.25) is 0 Å². The molecule has 2 aliphatic heterocycles. The molecule has 0 aliphatic carbocycles. The van der Waals surface area contributed by atoms with Crippen molar-refractivity contribution < 1.29 is 27.5 Å². The molecule has 2 fully saturated rings. The number of nitrogens with zero attached hydrogens (tertiary/aromatic N) is 2. The molecule has 8 nitrogen and oxygen atoms in total. The van der Waals surface area contributed by atoms with Gasteiger partial charge in [-0.25, -0.2) is 13.2 Å². The lowest BCUT2D eigenvalue weighted by Crippen LogP contribution is -2.45. The van der Waals surface area contributed by atoms with Crippen molar-refractivity contribution in [3.05, 3.63) is 29.8 Å². The van der Waals surface area contributed by atoms with Crippen molar-refractivity contribution in [2.24, 2.45) is 5.92 Å². The summed E-state index contributed by atoms with van der Waals surface area (Å²) in [6.07, 6.45) is 2.45. The van der Waals surface area contributed by atoms with Gasteiger partial charge in [0.15, 0.2) is 16.4 Å². The molecule has 2 amide bonds. The molecule has 0 bridgehead atoms. The molecule has 0 aromatic heterocycles. The summed E-state index contributed by atoms with van der Waals surface area (Å²) in [5.74, 6) is -0.576. The first-order valence-electron chi connectivity index (χ1n) is 11.3. The van der Waals surface area contributed by atoms with E-state index >= 15 is 0 Å². The minimum Gasteiger partial charge on any atom is -0.452 e. The van der Waals surface area contributed by atoms with Crippen molar-refractivity contribution in [3.8, 4) is 0 Å². The van der Waals surface area contributed by atoms with Crippen LogP contribution in [0.5, 0.6) is 0 Å². The van der Waals surface area contributed by atoms with Gasteiger partial charge in [0.2, 0.25) is 5.91 Å². The van der Waals surface area contributed by atoms with Gasteiger partial charge in [-0.1, -0.05) is 26.0 Å². The number of thioether (sulfide) groups is 1. The van der Waals surface area contributed by atoms with Gasteiger partial charge in [0.1, 0.15) is 0 Å². The summed E-state index contributed by atoms with van der Waals surface area (Å²) in [6.45, 7) is 5.41. The van der Waals surface area contributed by atoms with Crippen LogP contribution in [0.4, 0.5) is 0 Å². The highest BCUT2D eigenvalue weighted by atomic mass is 32.2. The van der Waals surface area contributed by atoms with Crippen molar-refractivity contribution in [1.29, 1.82) is 0 Å². The summed E-state index contributed by atoms with van der Waals surface area (Å²) in [5.41, 5.74) is 0.309. The van der Waals surface area contributed by atoms with Gasteiger partial charge in [0.05, 0.1) is 22.8 Å². The Kier molecular flexibility index (Phi) is 8.81. The Morgan fingerprint density at radius 3 is 2.52 bits per heavy atom. The Morgan fingerprint density at radius 1 is 1.18 bits per heavy atom. The van der Waals surface area contributed by atoms with Crippen molar-refractivity contribution in [2.75, 3.05) is 43.5 Å². The third-order valence-corrected chi connectivity index (χ3v) is 8.58. The molecule has 0 saturated carbocycles. The minimum absolute atomic E-state index is 0.0479. The van der Waals surface area contributed by atoms with E-state index in [-0.39, 0.29) is 35.1 Å². The summed E-state index contributed by atoms with van der Waals surface area (Å²) in [7, 11) is -3.14. The Morgan fingerprint density at radius 2 is 1.88 bits per heavy atom. The number of sulfone groups is 1. The number of likely N-dealkylation sites (tertiary alicyclic amines) is 1. The van der Waals surface area contributed by atoms with Crippen LogP contribution in [0.25, 0.3) is 0 Å². The van der Waals surface area contributed by atoms with Crippen LogP contribution in [0.3, 0.4) is 0 Å². The zero-order valence-electron chi connectivity index (χ0n) is 19.2. The third-order valence-electron chi connectivity index (χ3n) is 5.77. The molecule has 0 radical (unpaired) electrons. The summed E-state index contributed by atoms with van der Waals surface area (Å²) in [5, 5.41) is 0. The van der Waals surface area contributed by atoms with Crippen molar-refractivity contribution in [3.63, 3.8) is 0 Å². The Hall–Kier alpha value is -2.07. The largest absolute Gasteiger partial charge is 0.452 e. The summed E-state index contributed by atoms with van der Waals surface area (Å²) >= 11 is 1.29. The smallest absolute Gasteiger partial charge is 0.339 e. The van der Waals surface area contributed by atoms with E-state index in [0.717, 1.165) is 25.9 Å². The van der Waals surface area contributed by atoms with Crippen LogP contribution in [-0.2, 0) is 24.2 Å². The van der Waals surface area contributed by atoms with Crippen LogP contribution in [0.15, 0.2) is 29.2 Å². The molecule has 33 heavy (non-hydrogen) atoms. The van der Waals surface area contributed by atoms with Gasteiger partial charge >= 0.3 is 5.97 Å². The summed E-state index contributed by atoms with van der Waals surface area (Å²) in [6, 6.07) is 6.48. The van der Waals surface area contributed by atoms with Crippen LogP contribution >= 0.6 is 11.8 Å². The van der Waals surface area contributed by atoms with Crippen LogP contribution in [-0.4, -0.2) is 85.5 Å². The number of amides is 2. The number of esters is 1. The number of benzene rings is 1. The van der Waals surface area contributed by atoms with Gasteiger partial charge in [-0.05, 0) is 37.3 Å². The number of ether oxygens (including phenoxy) is 1. The van der Waals surface area contributed by atoms with Gasteiger partial charge in [0, 0.05) is 30.6 Å². The molecule has 0 N–H and O–H groups in total. The van der Waals surface area contributed by atoms with Crippen LogP contribution in [0, 0.1) is 5.92 Å². The van der Waals surface area contributed by atoms with E-state index in [1.807, 2.05) is 18.7 Å². The molecule has 2 aliphatic rings. The molecule has 3 rings (SSSR count). The van der Waals surface area contributed by atoms with Crippen LogP contribution < -0.4 is 0 Å². The molecule has 2 saturated heterocycles. The first-order valence-corrected chi connectivity index (χ1v) is 14.1. The van der Waals surface area contributed by atoms with E-state index in [0.29, 0.717) is 23.4 Å². The minimum atomic E-state index is -3.14. The Balaban J connectivity index is 1.59. The molecule has 182 valence electrons. The standard InChI is InChI=1S/C23H32N2O6S2/c1-17(2)13-25(18-9-12-33(29,30)16-18)21(26)14-31-23(28)19-7-3-4-8-20(19)32-15-22(27)24-10-5-6-11-24/h3-4,7-8,17-18H,5-6,9-16H2,1-2H3/t18-/m0/s1. The lowest BCUT2D eigenvalue weighted by Gasteiger charge is -2.29. The molecule has 10 heteroatoms. The predicted octanol–water partition coefficient (Wildman–Crippen LogP) is 2.23. The number of hydrogen-bond acceptors (Lipinski definition) is 7. The van der Waals surface area contributed by atoms with Gasteiger partial charge in [-0.2, -0.15) is 0 Å². The first kappa shape index (κ1) is 25.6. The molecule has 1 aromatic rings. The second-order valence-electron chi connectivity index (χ2n) is 8.95. The maximum atomic E-state index is 12.9. The third kappa shape index (κ3) is 7.20. The SMILES string of the molecule is CC(C)CN(C(=O)COC(=O)c1ccccc1SCC(=O)N1CCCC1)[C@H]1CCS(=O)(=O)C1. The summed E-state index contributed by atoms with van der Waals surface area (Å²) < 4.78 is 29.1. The van der Waals surface area contributed by atoms with Gasteiger partial charge < -0.3 is 14.5 Å². The zero-order valence-corrected chi connectivity index (χ0v) is 20.8. The van der Waals surface area contributed by atoms with Gasteiger partial charge in [-0.3, -0.25) is 9.59 Å². The lowest BCUT2D eigenvalue weighted by atomic mass is 10.1. The Labute approximate surface area is 199 Å². The topological polar surface area (TPSA) is 101 Å².